The normalized spacial score (nSPS) is 11.1. The van der Waals surface area contributed by atoms with Crippen molar-refractivity contribution in [2.24, 2.45) is 0 Å². The van der Waals surface area contributed by atoms with E-state index in [1.807, 2.05) is 13.8 Å². The smallest absolute Gasteiger partial charge is 0.166 e. The Hall–Kier alpha value is -1.25. The Morgan fingerprint density at radius 1 is 1.07 bits per heavy atom. The molecule has 15 heavy (non-hydrogen) atoms. The summed E-state index contributed by atoms with van der Waals surface area (Å²) in [5.41, 5.74) is -0.384. The van der Waals surface area contributed by atoms with Gasteiger partial charge in [-0.05, 0) is 18.6 Å². The van der Waals surface area contributed by atoms with Gasteiger partial charge < -0.3 is 0 Å². The number of benzene rings is 1. The summed E-state index contributed by atoms with van der Waals surface area (Å²) in [6.45, 7) is 5.69. The van der Waals surface area contributed by atoms with Crippen LogP contribution in [0.3, 0.4) is 0 Å². The van der Waals surface area contributed by atoms with Gasteiger partial charge in [-0.3, -0.25) is 0 Å². The third kappa shape index (κ3) is 4.19. The summed E-state index contributed by atoms with van der Waals surface area (Å²) in [6, 6.07) is 5.50. The standard InChI is InChI=1S/C10H9F3.C2H6/c1-2-5-8-6-3-4-7-9(8)10(11,12)13;1-2/h2-7H,1H3;1-2H3/b5-2-;. The monoisotopic (exact) mass is 216 g/mol. The van der Waals surface area contributed by atoms with Gasteiger partial charge in [0.25, 0.3) is 0 Å². The molecule has 1 aromatic carbocycles. The van der Waals surface area contributed by atoms with Gasteiger partial charge in [0.2, 0.25) is 0 Å². The Morgan fingerprint density at radius 2 is 1.60 bits per heavy atom. The number of allylic oxidation sites excluding steroid dienone is 1. The van der Waals surface area contributed by atoms with Crippen LogP contribution in [-0.4, -0.2) is 0 Å². The number of rotatable bonds is 1. The second kappa shape index (κ2) is 6.27. The van der Waals surface area contributed by atoms with Crippen LogP contribution in [0, 0.1) is 0 Å². The van der Waals surface area contributed by atoms with Crippen LogP contribution in [0.4, 0.5) is 13.2 Å². The minimum absolute atomic E-state index is 0.206. The first-order chi connectivity index (χ1) is 7.05. The summed E-state index contributed by atoms with van der Waals surface area (Å²) in [5.74, 6) is 0. The van der Waals surface area contributed by atoms with Crippen LogP contribution in [0.15, 0.2) is 30.3 Å². The minimum Gasteiger partial charge on any atom is -0.166 e. The Labute approximate surface area is 88.4 Å². The number of hydrogen-bond acceptors (Lipinski definition) is 0. The Bertz CT molecular complexity index is 311. The molecular weight excluding hydrogens is 201 g/mol. The van der Waals surface area contributed by atoms with E-state index in [2.05, 4.69) is 0 Å². The lowest BCUT2D eigenvalue weighted by atomic mass is 10.1. The molecule has 0 aliphatic carbocycles. The predicted molar refractivity (Wildman–Crippen MR) is 57.5 cm³/mol. The molecule has 0 aromatic heterocycles. The molecule has 0 fully saturated rings. The summed E-state index contributed by atoms with van der Waals surface area (Å²) >= 11 is 0. The zero-order chi connectivity index (χ0) is 11.9. The van der Waals surface area contributed by atoms with E-state index >= 15 is 0 Å². The maximum atomic E-state index is 12.3. The predicted octanol–water partition coefficient (Wildman–Crippen LogP) is 4.76. The van der Waals surface area contributed by atoms with E-state index in [9.17, 15) is 13.2 Å². The molecule has 0 heterocycles. The largest absolute Gasteiger partial charge is 0.416 e. The number of alkyl halides is 3. The molecule has 0 radical (unpaired) electrons. The molecule has 0 nitrogen and oxygen atoms in total. The molecule has 0 aliphatic rings. The first kappa shape index (κ1) is 13.8. The molecule has 0 atom stereocenters. The van der Waals surface area contributed by atoms with Crippen molar-refractivity contribution < 1.29 is 13.2 Å². The van der Waals surface area contributed by atoms with E-state index in [0.717, 1.165) is 6.07 Å². The summed E-state index contributed by atoms with van der Waals surface area (Å²) in [7, 11) is 0. The molecule has 0 N–H and O–H groups in total. The van der Waals surface area contributed by atoms with Crippen LogP contribution >= 0.6 is 0 Å². The second-order valence-corrected chi connectivity index (χ2v) is 2.59. The molecule has 3 heteroatoms. The topological polar surface area (TPSA) is 0 Å². The van der Waals surface area contributed by atoms with Gasteiger partial charge in [-0.15, -0.1) is 0 Å². The lowest BCUT2D eigenvalue weighted by Crippen LogP contribution is -2.06. The zero-order valence-electron chi connectivity index (χ0n) is 9.10. The molecule has 1 rings (SSSR count). The lowest BCUT2D eigenvalue weighted by molar-refractivity contribution is -0.137. The first-order valence-corrected chi connectivity index (χ1v) is 4.84. The van der Waals surface area contributed by atoms with Crippen molar-refractivity contribution in [2.45, 2.75) is 26.9 Å². The first-order valence-electron chi connectivity index (χ1n) is 4.84. The van der Waals surface area contributed by atoms with Gasteiger partial charge in [0.05, 0.1) is 5.56 Å². The number of halogens is 3. The summed E-state index contributed by atoms with van der Waals surface area (Å²) in [4.78, 5) is 0. The Balaban J connectivity index is 0.000000921. The second-order valence-electron chi connectivity index (χ2n) is 2.59. The van der Waals surface area contributed by atoms with Crippen LogP contribution in [-0.2, 0) is 6.18 Å². The number of hydrogen-bond donors (Lipinski definition) is 0. The average Bonchev–Trinajstić information content (AvgIpc) is 2.21. The van der Waals surface area contributed by atoms with Gasteiger partial charge >= 0.3 is 6.18 Å². The van der Waals surface area contributed by atoms with Crippen LogP contribution in [0.1, 0.15) is 31.9 Å². The van der Waals surface area contributed by atoms with Gasteiger partial charge in [0.15, 0.2) is 0 Å². The third-order valence-corrected chi connectivity index (χ3v) is 1.61. The average molecular weight is 216 g/mol. The molecule has 0 aliphatic heterocycles. The molecule has 0 bridgehead atoms. The van der Waals surface area contributed by atoms with Crippen molar-refractivity contribution in [3.05, 3.63) is 41.5 Å². The van der Waals surface area contributed by atoms with Crippen LogP contribution in [0.2, 0.25) is 0 Å². The van der Waals surface area contributed by atoms with E-state index in [1.54, 1.807) is 19.1 Å². The molecule has 0 saturated heterocycles. The molecule has 1 aromatic rings. The summed E-state index contributed by atoms with van der Waals surface area (Å²) < 4.78 is 37.0. The SMILES string of the molecule is C/C=C\c1ccccc1C(F)(F)F.CC. The Kier molecular flexibility index (Phi) is 5.75. The molecule has 0 amide bonds. The molecule has 0 unspecified atom stereocenters. The quantitative estimate of drug-likeness (QED) is 0.634. The van der Waals surface area contributed by atoms with Crippen molar-refractivity contribution in [3.8, 4) is 0 Å². The fourth-order valence-electron chi connectivity index (χ4n) is 1.08. The van der Waals surface area contributed by atoms with E-state index in [-0.39, 0.29) is 5.56 Å². The van der Waals surface area contributed by atoms with Crippen molar-refractivity contribution in [1.29, 1.82) is 0 Å². The molecule has 0 spiro atoms. The van der Waals surface area contributed by atoms with Crippen LogP contribution < -0.4 is 0 Å². The fourth-order valence-corrected chi connectivity index (χ4v) is 1.08. The van der Waals surface area contributed by atoms with E-state index < -0.39 is 11.7 Å². The highest BCUT2D eigenvalue weighted by atomic mass is 19.4. The van der Waals surface area contributed by atoms with Gasteiger partial charge in [-0.25, -0.2) is 0 Å². The maximum absolute atomic E-state index is 12.3. The van der Waals surface area contributed by atoms with Gasteiger partial charge in [-0.1, -0.05) is 44.2 Å². The van der Waals surface area contributed by atoms with Crippen molar-refractivity contribution in [3.63, 3.8) is 0 Å². The fraction of sp³-hybridized carbons (Fsp3) is 0.333. The summed E-state index contributed by atoms with van der Waals surface area (Å²) in [5, 5.41) is 0. The zero-order valence-corrected chi connectivity index (χ0v) is 9.10. The van der Waals surface area contributed by atoms with E-state index in [1.165, 1.54) is 18.2 Å². The van der Waals surface area contributed by atoms with Gasteiger partial charge in [0, 0.05) is 0 Å². The van der Waals surface area contributed by atoms with Crippen molar-refractivity contribution >= 4 is 6.08 Å². The van der Waals surface area contributed by atoms with E-state index in [4.69, 9.17) is 0 Å². The van der Waals surface area contributed by atoms with Gasteiger partial charge in [0.1, 0.15) is 0 Å². The van der Waals surface area contributed by atoms with Gasteiger partial charge in [-0.2, -0.15) is 13.2 Å². The molecule has 84 valence electrons. The summed E-state index contributed by atoms with van der Waals surface area (Å²) in [6.07, 6.45) is -1.23. The molecular formula is C12H15F3. The minimum atomic E-state index is -4.27. The van der Waals surface area contributed by atoms with Crippen molar-refractivity contribution in [1.82, 2.24) is 0 Å². The highest BCUT2D eigenvalue weighted by Crippen LogP contribution is 2.32. The molecule has 0 saturated carbocycles. The van der Waals surface area contributed by atoms with Crippen LogP contribution in [0.5, 0.6) is 0 Å². The highest BCUT2D eigenvalue weighted by molar-refractivity contribution is 5.54. The lowest BCUT2D eigenvalue weighted by Gasteiger charge is -2.09. The van der Waals surface area contributed by atoms with Crippen molar-refractivity contribution in [2.75, 3.05) is 0 Å². The van der Waals surface area contributed by atoms with E-state index in [0.29, 0.717) is 0 Å². The Morgan fingerprint density at radius 3 is 2.07 bits per heavy atom. The third-order valence-electron chi connectivity index (χ3n) is 1.61. The van der Waals surface area contributed by atoms with Crippen LogP contribution in [0.25, 0.3) is 6.08 Å². The maximum Gasteiger partial charge on any atom is 0.416 e. The highest BCUT2D eigenvalue weighted by Gasteiger charge is 2.32.